The molecule has 0 radical (unpaired) electrons. The second-order valence-electron chi connectivity index (χ2n) is 3.64. The summed E-state index contributed by atoms with van der Waals surface area (Å²) in [5.41, 5.74) is 6.47. The molecule has 4 heteroatoms. The van der Waals surface area contributed by atoms with Crippen molar-refractivity contribution in [2.45, 2.75) is 19.8 Å². The second kappa shape index (κ2) is 5.21. The standard InChI is InChI=1S/C12H13NO3/c1-8(14)6-11(15)7-12(16)9-2-4-10(13)5-3-9/h2-5H,6-7,13H2,1H3. The van der Waals surface area contributed by atoms with Crippen LogP contribution in [0, 0.1) is 0 Å². The first-order valence-corrected chi connectivity index (χ1v) is 4.89. The monoisotopic (exact) mass is 219 g/mol. The summed E-state index contributed by atoms with van der Waals surface area (Å²) in [6.07, 6.45) is -0.412. The number of hydrogen-bond acceptors (Lipinski definition) is 4. The minimum atomic E-state index is -0.352. The van der Waals surface area contributed by atoms with Gasteiger partial charge in [0.2, 0.25) is 0 Å². The van der Waals surface area contributed by atoms with Crippen LogP contribution in [0.3, 0.4) is 0 Å². The summed E-state index contributed by atoms with van der Waals surface area (Å²) in [5.74, 6) is -0.865. The molecule has 0 spiro atoms. The highest BCUT2D eigenvalue weighted by atomic mass is 16.2. The summed E-state index contributed by atoms with van der Waals surface area (Å²) in [6.45, 7) is 1.32. The number of ketones is 3. The highest BCUT2D eigenvalue weighted by Crippen LogP contribution is 2.08. The number of benzene rings is 1. The van der Waals surface area contributed by atoms with E-state index in [9.17, 15) is 14.4 Å². The van der Waals surface area contributed by atoms with Crippen LogP contribution in [0.15, 0.2) is 24.3 Å². The number of anilines is 1. The zero-order chi connectivity index (χ0) is 12.1. The number of hydrogen-bond donors (Lipinski definition) is 1. The van der Waals surface area contributed by atoms with E-state index in [-0.39, 0.29) is 30.2 Å². The van der Waals surface area contributed by atoms with E-state index >= 15 is 0 Å². The van der Waals surface area contributed by atoms with Crippen molar-refractivity contribution in [3.05, 3.63) is 29.8 Å². The molecule has 4 nitrogen and oxygen atoms in total. The Labute approximate surface area is 93.4 Å². The molecule has 84 valence electrons. The molecule has 0 fully saturated rings. The largest absolute Gasteiger partial charge is 0.399 e. The SMILES string of the molecule is CC(=O)CC(=O)CC(=O)c1ccc(N)cc1. The first-order valence-electron chi connectivity index (χ1n) is 4.89. The van der Waals surface area contributed by atoms with Crippen molar-refractivity contribution in [1.82, 2.24) is 0 Å². The minimum Gasteiger partial charge on any atom is -0.399 e. The molecule has 0 unspecified atom stereocenters. The van der Waals surface area contributed by atoms with Crippen molar-refractivity contribution in [2.75, 3.05) is 5.73 Å². The first kappa shape index (κ1) is 12.1. The van der Waals surface area contributed by atoms with Gasteiger partial charge in [-0.25, -0.2) is 0 Å². The van der Waals surface area contributed by atoms with Gasteiger partial charge < -0.3 is 5.73 Å². The maximum atomic E-state index is 11.6. The summed E-state index contributed by atoms with van der Waals surface area (Å²) < 4.78 is 0. The highest BCUT2D eigenvalue weighted by Gasteiger charge is 2.12. The average molecular weight is 219 g/mol. The third kappa shape index (κ3) is 3.65. The van der Waals surface area contributed by atoms with Crippen molar-refractivity contribution < 1.29 is 14.4 Å². The van der Waals surface area contributed by atoms with Gasteiger partial charge >= 0.3 is 0 Å². The Hall–Kier alpha value is -1.97. The van der Waals surface area contributed by atoms with Crippen molar-refractivity contribution in [3.8, 4) is 0 Å². The lowest BCUT2D eigenvalue weighted by molar-refractivity contribution is -0.125. The molecule has 0 aliphatic heterocycles. The molecule has 0 heterocycles. The van der Waals surface area contributed by atoms with Crippen LogP contribution in [0.2, 0.25) is 0 Å². The van der Waals surface area contributed by atoms with Crippen molar-refractivity contribution >= 4 is 23.0 Å². The molecular weight excluding hydrogens is 206 g/mol. The third-order valence-electron chi connectivity index (χ3n) is 2.04. The lowest BCUT2D eigenvalue weighted by Gasteiger charge is -2.00. The number of nitrogen functional groups attached to an aromatic ring is 1. The van der Waals surface area contributed by atoms with E-state index in [1.165, 1.54) is 6.92 Å². The van der Waals surface area contributed by atoms with Gasteiger partial charge in [0.15, 0.2) is 5.78 Å². The molecule has 16 heavy (non-hydrogen) atoms. The number of carbonyl (C=O) groups excluding carboxylic acids is 3. The van der Waals surface area contributed by atoms with Gasteiger partial charge in [-0.2, -0.15) is 0 Å². The lowest BCUT2D eigenvalue weighted by atomic mass is 10.0. The Balaban J connectivity index is 2.62. The van der Waals surface area contributed by atoms with Gasteiger partial charge in [0.1, 0.15) is 11.6 Å². The summed E-state index contributed by atoms with van der Waals surface area (Å²) in [6, 6.07) is 6.34. The quantitative estimate of drug-likeness (QED) is 0.461. The Morgan fingerprint density at radius 2 is 1.62 bits per heavy atom. The summed E-state index contributed by atoms with van der Waals surface area (Å²) in [7, 11) is 0. The minimum absolute atomic E-state index is 0.180. The molecule has 1 rings (SSSR count). The molecule has 0 atom stereocenters. The molecule has 1 aromatic carbocycles. The average Bonchev–Trinajstić information content (AvgIpc) is 2.16. The Morgan fingerprint density at radius 1 is 1.06 bits per heavy atom. The van der Waals surface area contributed by atoms with E-state index in [1.807, 2.05) is 0 Å². The van der Waals surface area contributed by atoms with E-state index in [1.54, 1.807) is 24.3 Å². The summed E-state index contributed by atoms with van der Waals surface area (Å²) in [4.78, 5) is 33.5. The van der Waals surface area contributed by atoms with Crippen LogP contribution in [-0.2, 0) is 9.59 Å². The Morgan fingerprint density at radius 3 is 2.12 bits per heavy atom. The Bertz CT molecular complexity index is 420. The molecule has 0 aromatic heterocycles. The van der Waals surface area contributed by atoms with Gasteiger partial charge in [-0.15, -0.1) is 0 Å². The molecule has 0 bridgehead atoms. The molecule has 0 aliphatic carbocycles. The summed E-state index contributed by atoms with van der Waals surface area (Å²) in [5, 5.41) is 0. The maximum Gasteiger partial charge on any atom is 0.170 e. The molecule has 2 N–H and O–H groups in total. The topological polar surface area (TPSA) is 77.2 Å². The number of Topliss-reactive ketones (excluding diaryl/α,β-unsaturated/α-hetero) is 3. The second-order valence-corrected chi connectivity index (χ2v) is 3.64. The van der Waals surface area contributed by atoms with Crippen LogP contribution in [-0.4, -0.2) is 17.3 Å². The van der Waals surface area contributed by atoms with Crippen LogP contribution in [0.25, 0.3) is 0 Å². The predicted molar refractivity (Wildman–Crippen MR) is 60.1 cm³/mol. The third-order valence-corrected chi connectivity index (χ3v) is 2.04. The zero-order valence-corrected chi connectivity index (χ0v) is 9.03. The fraction of sp³-hybridized carbons (Fsp3) is 0.250. The van der Waals surface area contributed by atoms with Gasteiger partial charge in [0.25, 0.3) is 0 Å². The molecule has 0 saturated carbocycles. The van der Waals surface area contributed by atoms with Gasteiger partial charge in [0, 0.05) is 11.3 Å². The van der Waals surface area contributed by atoms with Gasteiger partial charge in [-0.05, 0) is 31.2 Å². The van der Waals surface area contributed by atoms with Gasteiger partial charge in [-0.1, -0.05) is 0 Å². The first-order chi connectivity index (χ1) is 7.49. The fourth-order valence-corrected chi connectivity index (χ4v) is 1.29. The van der Waals surface area contributed by atoms with Crippen molar-refractivity contribution in [2.24, 2.45) is 0 Å². The number of nitrogens with two attached hydrogens (primary N) is 1. The van der Waals surface area contributed by atoms with E-state index in [2.05, 4.69) is 0 Å². The summed E-state index contributed by atoms with van der Waals surface area (Å²) >= 11 is 0. The van der Waals surface area contributed by atoms with Crippen LogP contribution < -0.4 is 5.73 Å². The molecule has 0 amide bonds. The van der Waals surface area contributed by atoms with Crippen LogP contribution in [0.5, 0.6) is 0 Å². The highest BCUT2D eigenvalue weighted by molar-refractivity contribution is 6.12. The number of rotatable bonds is 5. The van der Waals surface area contributed by atoms with Crippen molar-refractivity contribution in [3.63, 3.8) is 0 Å². The molecule has 1 aromatic rings. The maximum absolute atomic E-state index is 11.6. The molecule has 0 saturated heterocycles. The fourth-order valence-electron chi connectivity index (χ4n) is 1.29. The normalized spacial score (nSPS) is 9.81. The smallest absolute Gasteiger partial charge is 0.170 e. The van der Waals surface area contributed by atoms with E-state index in [0.29, 0.717) is 11.3 Å². The molecule has 0 aliphatic rings. The van der Waals surface area contributed by atoms with Gasteiger partial charge in [0.05, 0.1) is 12.8 Å². The molecular formula is C12H13NO3. The van der Waals surface area contributed by atoms with E-state index in [4.69, 9.17) is 5.73 Å². The van der Waals surface area contributed by atoms with Crippen LogP contribution in [0.1, 0.15) is 30.1 Å². The van der Waals surface area contributed by atoms with E-state index in [0.717, 1.165) is 0 Å². The predicted octanol–water partition coefficient (Wildman–Crippen LogP) is 1.39. The van der Waals surface area contributed by atoms with Crippen LogP contribution in [0.4, 0.5) is 5.69 Å². The lowest BCUT2D eigenvalue weighted by Crippen LogP contribution is -2.11. The Kier molecular flexibility index (Phi) is 3.94. The van der Waals surface area contributed by atoms with Crippen LogP contribution >= 0.6 is 0 Å². The van der Waals surface area contributed by atoms with Gasteiger partial charge in [-0.3, -0.25) is 14.4 Å². The number of carbonyl (C=O) groups is 3. The van der Waals surface area contributed by atoms with Crippen molar-refractivity contribution in [1.29, 1.82) is 0 Å². The van der Waals surface area contributed by atoms with E-state index < -0.39 is 0 Å². The zero-order valence-electron chi connectivity index (χ0n) is 9.03.